The Morgan fingerprint density at radius 1 is 0.978 bits per heavy atom. The second-order valence-corrected chi connectivity index (χ2v) is 14.9. The number of amides is 6. The molecule has 12 nitrogen and oxygen atoms in total. The van der Waals surface area contributed by atoms with Gasteiger partial charge in [-0.05, 0) is 55.4 Å². The van der Waals surface area contributed by atoms with Crippen LogP contribution in [-0.4, -0.2) is 77.1 Å². The fourth-order valence-corrected chi connectivity index (χ4v) is 6.06. The lowest BCUT2D eigenvalue weighted by molar-refractivity contribution is -0.145. The Morgan fingerprint density at radius 3 is 2.17 bits per heavy atom. The lowest BCUT2D eigenvalue weighted by Crippen LogP contribution is -2.62. The van der Waals surface area contributed by atoms with Crippen molar-refractivity contribution in [3.8, 4) is 0 Å². The SMILES string of the molecule is C=CCC(NC(=O)[C@@H]1C2C(CN1C(=O)[C@@H](NC(=O)NC(C)(C)C)C(C)(C)C)C2(C)C)C(=O)C(=O)NCC(=O)NCc1ccccc1. The Bertz CT molecular complexity index is 1350. The molecular formula is C34H50N6O6. The number of nitrogens with one attached hydrogen (secondary N) is 5. The number of hydrogen-bond acceptors (Lipinski definition) is 6. The Kier molecular flexibility index (Phi) is 11.1. The summed E-state index contributed by atoms with van der Waals surface area (Å²) in [7, 11) is 0. The minimum Gasteiger partial charge on any atom is -0.350 e. The van der Waals surface area contributed by atoms with Gasteiger partial charge in [0.2, 0.25) is 23.5 Å². The van der Waals surface area contributed by atoms with E-state index in [-0.39, 0.29) is 30.2 Å². The number of carbonyl (C=O) groups is 6. The van der Waals surface area contributed by atoms with E-state index in [0.717, 1.165) is 5.56 Å². The van der Waals surface area contributed by atoms with E-state index in [1.54, 1.807) is 0 Å². The molecule has 1 heterocycles. The number of fused-ring (bicyclic) bond motifs is 1. The topological polar surface area (TPSA) is 166 Å². The smallest absolute Gasteiger partial charge is 0.315 e. The number of ketones is 1. The van der Waals surface area contributed by atoms with Crippen LogP contribution in [-0.2, 0) is 30.5 Å². The summed E-state index contributed by atoms with van der Waals surface area (Å²) in [5.41, 5.74) is -0.537. The van der Waals surface area contributed by atoms with E-state index in [2.05, 4.69) is 33.2 Å². The van der Waals surface area contributed by atoms with Crippen molar-refractivity contribution >= 4 is 35.4 Å². The number of likely N-dealkylation sites (tertiary alicyclic amines) is 1. The molecule has 5 N–H and O–H groups in total. The molecule has 0 spiro atoms. The molecule has 3 rings (SSSR count). The number of rotatable bonds is 12. The second-order valence-electron chi connectivity index (χ2n) is 14.9. The van der Waals surface area contributed by atoms with Gasteiger partial charge >= 0.3 is 6.03 Å². The largest absolute Gasteiger partial charge is 0.350 e. The molecule has 1 aliphatic carbocycles. The van der Waals surface area contributed by atoms with E-state index in [0.29, 0.717) is 6.54 Å². The van der Waals surface area contributed by atoms with Crippen LogP contribution in [0.5, 0.6) is 0 Å². The molecule has 46 heavy (non-hydrogen) atoms. The van der Waals surface area contributed by atoms with Gasteiger partial charge in [-0.3, -0.25) is 24.0 Å². The third-order valence-corrected chi connectivity index (χ3v) is 8.64. The number of urea groups is 1. The fourth-order valence-electron chi connectivity index (χ4n) is 6.06. The maximum atomic E-state index is 14.1. The highest BCUT2D eigenvalue weighted by molar-refractivity contribution is 6.38. The van der Waals surface area contributed by atoms with Gasteiger partial charge in [-0.15, -0.1) is 6.58 Å². The Morgan fingerprint density at radius 2 is 1.61 bits per heavy atom. The van der Waals surface area contributed by atoms with Crippen LogP contribution in [0, 0.1) is 22.7 Å². The summed E-state index contributed by atoms with van der Waals surface area (Å²) in [4.78, 5) is 80.4. The van der Waals surface area contributed by atoms with E-state index in [1.807, 2.05) is 85.7 Å². The first-order valence-electron chi connectivity index (χ1n) is 15.7. The molecule has 1 aromatic carbocycles. The van der Waals surface area contributed by atoms with Gasteiger partial charge in [0, 0.05) is 18.6 Å². The van der Waals surface area contributed by atoms with Gasteiger partial charge in [-0.1, -0.05) is 71.0 Å². The quantitative estimate of drug-likeness (QED) is 0.174. The van der Waals surface area contributed by atoms with Crippen LogP contribution < -0.4 is 26.6 Å². The predicted octanol–water partition coefficient (Wildman–Crippen LogP) is 2.04. The van der Waals surface area contributed by atoms with Crippen LogP contribution in [0.2, 0.25) is 0 Å². The van der Waals surface area contributed by atoms with Crippen LogP contribution in [0.25, 0.3) is 0 Å². The third kappa shape index (κ3) is 8.95. The molecule has 0 radical (unpaired) electrons. The van der Waals surface area contributed by atoms with E-state index < -0.39 is 71.1 Å². The van der Waals surface area contributed by atoms with Gasteiger partial charge in [-0.2, -0.15) is 0 Å². The van der Waals surface area contributed by atoms with E-state index in [4.69, 9.17) is 0 Å². The number of carbonyl (C=O) groups excluding carboxylic acids is 6. The van der Waals surface area contributed by atoms with E-state index in [9.17, 15) is 28.8 Å². The molecule has 1 aromatic rings. The van der Waals surface area contributed by atoms with Crippen molar-refractivity contribution in [2.75, 3.05) is 13.1 Å². The molecule has 0 aromatic heterocycles. The highest BCUT2D eigenvalue weighted by Crippen LogP contribution is 2.65. The Balaban J connectivity index is 1.70. The Labute approximate surface area is 271 Å². The number of hydrogen-bond donors (Lipinski definition) is 5. The van der Waals surface area contributed by atoms with Gasteiger partial charge in [0.1, 0.15) is 18.1 Å². The lowest BCUT2D eigenvalue weighted by Gasteiger charge is -2.38. The fraction of sp³-hybridized carbons (Fsp3) is 0.588. The average molecular weight is 639 g/mol. The first kappa shape index (κ1) is 36.3. The molecule has 2 aliphatic rings. The van der Waals surface area contributed by atoms with Crippen molar-refractivity contribution in [3.05, 3.63) is 48.6 Å². The maximum absolute atomic E-state index is 14.1. The number of nitrogens with zero attached hydrogens (tertiary/aromatic N) is 1. The van der Waals surface area contributed by atoms with Crippen LogP contribution in [0.3, 0.4) is 0 Å². The molecule has 3 unspecified atom stereocenters. The lowest BCUT2D eigenvalue weighted by atomic mass is 9.85. The highest BCUT2D eigenvalue weighted by Gasteiger charge is 2.69. The van der Waals surface area contributed by atoms with Crippen molar-refractivity contribution in [2.45, 2.75) is 92.0 Å². The molecule has 2 fully saturated rings. The zero-order chi connectivity index (χ0) is 34.6. The molecule has 1 aliphatic heterocycles. The minimum absolute atomic E-state index is 0.0322. The summed E-state index contributed by atoms with van der Waals surface area (Å²) < 4.78 is 0. The number of benzene rings is 1. The van der Waals surface area contributed by atoms with Crippen molar-refractivity contribution < 1.29 is 28.8 Å². The zero-order valence-corrected chi connectivity index (χ0v) is 28.3. The summed E-state index contributed by atoms with van der Waals surface area (Å²) in [5, 5.41) is 13.3. The molecule has 252 valence electrons. The van der Waals surface area contributed by atoms with Crippen LogP contribution in [0.1, 0.15) is 67.4 Å². The summed E-state index contributed by atoms with van der Waals surface area (Å²) in [6, 6.07) is 5.65. The monoisotopic (exact) mass is 638 g/mol. The summed E-state index contributed by atoms with van der Waals surface area (Å²) in [6.07, 6.45) is 1.38. The summed E-state index contributed by atoms with van der Waals surface area (Å²) in [6.45, 7) is 18.9. The molecule has 12 heteroatoms. The number of piperidine rings is 1. The van der Waals surface area contributed by atoms with E-state index in [1.165, 1.54) is 11.0 Å². The van der Waals surface area contributed by atoms with Gasteiger partial charge in [0.05, 0.1) is 6.54 Å². The first-order chi connectivity index (χ1) is 21.3. The van der Waals surface area contributed by atoms with Crippen LogP contribution >= 0.6 is 0 Å². The molecule has 5 atom stereocenters. The zero-order valence-electron chi connectivity index (χ0n) is 28.3. The van der Waals surface area contributed by atoms with Crippen LogP contribution in [0.4, 0.5) is 4.79 Å². The van der Waals surface area contributed by atoms with Gasteiger partial charge < -0.3 is 31.5 Å². The minimum atomic E-state index is -1.25. The maximum Gasteiger partial charge on any atom is 0.315 e. The standard InChI is InChI=1S/C34H50N6O6/c1-10-14-22(26(42)29(44)36-18-23(41)35-17-20-15-12-11-13-16-20)37-28(43)25-24-21(34(24,8)9)19-40(25)30(45)27(32(2,3)4)38-31(46)39-33(5,6)7/h10-13,15-16,21-22,24-25,27H,1,14,17-19H2,2-9H3,(H,35,41)(H,36,44)(H,37,43)(H2,38,39,46)/t21?,22?,24?,25-,27+/m0/s1. The van der Waals surface area contributed by atoms with Crippen molar-refractivity contribution in [1.29, 1.82) is 0 Å². The van der Waals surface area contributed by atoms with E-state index >= 15 is 0 Å². The molecule has 1 saturated heterocycles. The summed E-state index contributed by atoms with van der Waals surface area (Å²) in [5.74, 6) is -3.50. The van der Waals surface area contributed by atoms with Crippen LogP contribution in [0.15, 0.2) is 43.0 Å². The highest BCUT2D eigenvalue weighted by atomic mass is 16.2. The van der Waals surface area contributed by atoms with Crippen molar-refractivity contribution in [3.63, 3.8) is 0 Å². The van der Waals surface area contributed by atoms with Crippen molar-refractivity contribution in [2.24, 2.45) is 22.7 Å². The van der Waals surface area contributed by atoms with Gasteiger partial charge in [0.15, 0.2) is 0 Å². The Hall–Kier alpha value is -4.22. The average Bonchev–Trinajstić information content (AvgIpc) is 3.27. The van der Waals surface area contributed by atoms with Gasteiger partial charge in [0.25, 0.3) is 5.91 Å². The van der Waals surface area contributed by atoms with Crippen molar-refractivity contribution in [1.82, 2.24) is 31.5 Å². The first-order valence-corrected chi connectivity index (χ1v) is 15.7. The predicted molar refractivity (Wildman–Crippen MR) is 174 cm³/mol. The normalized spacial score (nSPS) is 21.1. The van der Waals surface area contributed by atoms with Gasteiger partial charge in [-0.25, -0.2) is 4.79 Å². The molecular weight excluding hydrogens is 588 g/mol. The number of Topliss-reactive ketones (excluding diaryl/α,β-unsaturated/α-hetero) is 1. The summed E-state index contributed by atoms with van der Waals surface area (Å²) >= 11 is 0. The molecule has 6 amide bonds. The molecule has 0 bridgehead atoms. The second kappa shape index (κ2) is 14.0. The third-order valence-electron chi connectivity index (χ3n) is 8.64. The molecule has 1 saturated carbocycles.